The summed E-state index contributed by atoms with van der Waals surface area (Å²) in [6.45, 7) is 3.74. The number of carbonyl (C=O) groups is 3. The largest absolute Gasteiger partial charge is 0.480 e. The standard InChI is InChI=1S/C31H37N5O7Si/c1-4-14-36(26-11-7-20-16-25-23(17-22(20)26)30(40)35-27(18-37)33-25)21-8-5-19(6-9-21)29(39)34-24(31(41)42)10-12-28(38)32-13-15-44(2,3)43/h1,5-6,8-9,16-17,24,26,37,43H,7,10-15,18H2,2-3H3,(H,32,38)(H,34,39)(H,41,42)(H,33,35,40)/t24-,26-/m0/s1. The Morgan fingerprint density at radius 1 is 1.23 bits per heavy atom. The number of aliphatic hydroxyl groups is 1. The Labute approximate surface area is 255 Å². The number of anilines is 1. The summed E-state index contributed by atoms with van der Waals surface area (Å²) in [5.74, 6) is 0.703. The lowest BCUT2D eigenvalue weighted by atomic mass is 10.0. The van der Waals surface area contributed by atoms with E-state index in [-0.39, 0.29) is 54.9 Å². The van der Waals surface area contributed by atoms with Crippen LogP contribution in [0.1, 0.15) is 52.6 Å². The van der Waals surface area contributed by atoms with Gasteiger partial charge in [0.2, 0.25) is 5.91 Å². The van der Waals surface area contributed by atoms with E-state index in [1.807, 2.05) is 17.0 Å². The van der Waals surface area contributed by atoms with Crippen LogP contribution in [0.4, 0.5) is 5.69 Å². The number of fused-ring (bicyclic) bond motifs is 2. The van der Waals surface area contributed by atoms with E-state index in [4.69, 9.17) is 6.42 Å². The van der Waals surface area contributed by atoms with E-state index >= 15 is 0 Å². The number of nitrogens with one attached hydrogen (secondary N) is 3. The molecule has 6 N–H and O–H groups in total. The van der Waals surface area contributed by atoms with Crippen LogP contribution in [-0.4, -0.2) is 70.2 Å². The number of aromatic amines is 1. The molecule has 0 radical (unpaired) electrons. The molecule has 0 unspecified atom stereocenters. The SMILES string of the molecule is C#CCN(c1ccc(C(=O)N[C@@H](CCC(=O)NCC[Si](C)(C)O)C(=O)O)cc1)[C@H]1CCc2cc3nc(CO)[nH]c(=O)c3cc21. The van der Waals surface area contributed by atoms with Crippen LogP contribution in [0.2, 0.25) is 19.1 Å². The lowest BCUT2D eigenvalue weighted by Crippen LogP contribution is -2.42. The molecule has 2 aromatic carbocycles. The van der Waals surface area contributed by atoms with E-state index in [1.165, 1.54) is 0 Å². The van der Waals surface area contributed by atoms with Gasteiger partial charge in [0.25, 0.3) is 11.5 Å². The molecule has 12 nitrogen and oxygen atoms in total. The van der Waals surface area contributed by atoms with Crippen LogP contribution in [0.5, 0.6) is 0 Å². The molecule has 0 fully saturated rings. The average molecular weight is 620 g/mol. The topological polar surface area (TPSA) is 185 Å². The lowest BCUT2D eigenvalue weighted by molar-refractivity contribution is -0.139. The summed E-state index contributed by atoms with van der Waals surface area (Å²) in [4.78, 5) is 68.3. The Kier molecular flexibility index (Phi) is 10.2. The maximum atomic E-state index is 12.9. The molecule has 0 saturated carbocycles. The second kappa shape index (κ2) is 13.9. The first kappa shape index (κ1) is 32.4. The van der Waals surface area contributed by atoms with Crippen molar-refractivity contribution in [2.75, 3.05) is 18.0 Å². The highest BCUT2D eigenvalue weighted by atomic mass is 28.4. The van der Waals surface area contributed by atoms with Crippen molar-refractivity contribution in [3.63, 3.8) is 0 Å². The number of carboxylic acid groups (broad SMARTS) is 1. The van der Waals surface area contributed by atoms with Crippen molar-refractivity contribution in [2.45, 2.75) is 63.5 Å². The highest BCUT2D eigenvalue weighted by Crippen LogP contribution is 2.39. The fraction of sp³-hybridized carbons (Fsp3) is 0.387. The first-order chi connectivity index (χ1) is 20.9. The summed E-state index contributed by atoms with van der Waals surface area (Å²) in [5, 5.41) is 24.6. The molecule has 0 aliphatic heterocycles. The first-order valence-electron chi connectivity index (χ1n) is 14.4. The predicted octanol–water partition coefficient (Wildman–Crippen LogP) is 1.82. The highest BCUT2D eigenvalue weighted by molar-refractivity contribution is 6.69. The second-order valence-electron chi connectivity index (χ2n) is 11.5. The van der Waals surface area contributed by atoms with Gasteiger partial charge in [0.05, 0.1) is 23.5 Å². The Morgan fingerprint density at radius 2 is 1.95 bits per heavy atom. The van der Waals surface area contributed by atoms with Gasteiger partial charge in [0.15, 0.2) is 8.32 Å². The molecule has 1 aromatic heterocycles. The molecule has 2 amide bonds. The molecule has 4 rings (SSSR count). The smallest absolute Gasteiger partial charge is 0.326 e. The van der Waals surface area contributed by atoms with Crippen molar-refractivity contribution in [1.82, 2.24) is 20.6 Å². The molecule has 1 aliphatic rings. The van der Waals surface area contributed by atoms with Crippen molar-refractivity contribution in [2.24, 2.45) is 0 Å². The van der Waals surface area contributed by atoms with Crippen LogP contribution in [0, 0.1) is 12.3 Å². The van der Waals surface area contributed by atoms with Gasteiger partial charge in [-0.3, -0.25) is 14.4 Å². The predicted molar refractivity (Wildman–Crippen MR) is 168 cm³/mol. The van der Waals surface area contributed by atoms with Crippen molar-refractivity contribution in [3.8, 4) is 12.3 Å². The number of benzene rings is 2. The van der Waals surface area contributed by atoms with E-state index in [9.17, 15) is 34.2 Å². The molecule has 232 valence electrons. The minimum atomic E-state index is -2.30. The maximum Gasteiger partial charge on any atom is 0.326 e. The number of rotatable bonds is 13. The second-order valence-corrected chi connectivity index (χ2v) is 15.6. The molecule has 0 spiro atoms. The van der Waals surface area contributed by atoms with Crippen LogP contribution in [-0.2, 0) is 22.6 Å². The average Bonchev–Trinajstić information content (AvgIpc) is 3.38. The number of carboxylic acids is 1. The summed E-state index contributed by atoms with van der Waals surface area (Å²) in [7, 11) is -2.30. The molecule has 3 aromatic rings. The normalized spacial score (nSPS) is 14.8. The quantitative estimate of drug-likeness (QED) is 0.123. The van der Waals surface area contributed by atoms with Gasteiger partial charge in [0.1, 0.15) is 18.5 Å². The Hall–Kier alpha value is -4.51. The number of amides is 2. The zero-order valence-corrected chi connectivity index (χ0v) is 25.7. The number of aryl methyl sites for hydroxylation is 1. The Morgan fingerprint density at radius 3 is 2.59 bits per heavy atom. The van der Waals surface area contributed by atoms with Gasteiger partial charge in [0, 0.05) is 24.2 Å². The number of aliphatic carboxylic acids is 1. The van der Waals surface area contributed by atoms with Gasteiger partial charge < -0.3 is 35.5 Å². The Balaban J connectivity index is 1.45. The van der Waals surface area contributed by atoms with Gasteiger partial charge in [-0.05, 0) is 85.9 Å². The molecule has 13 heteroatoms. The van der Waals surface area contributed by atoms with Crippen LogP contribution >= 0.6 is 0 Å². The third-order valence-corrected chi connectivity index (χ3v) is 9.11. The molecular weight excluding hydrogens is 582 g/mol. The van der Waals surface area contributed by atoms with Crippen LogP contribution < -0.4 is 21.1 Å². The fourth-order valence-corrected chi connectivity index (χ4v) is 6.06. The third-order valence-electron chi connectivity index (χ3n) is 7.63. The first-order valence-corrected chi connectivity index (χ1v) is 17.5. The summed E-state index contributed by atoms with van der Waals surface area (Å²) in [6, 6.07) is 9.44. The number of aliphatic hydroxyl groups excluding tert-OH is 1. The van der Waals surface area contributed by atoms with Crippen molar-refractivity contribution in [3.05, 3.63) is 69.3 Å². The fourth-order valence-electron chi connectivity index (χ4n) is 5.32. The van der Waals surface area contributed by atoms with E-state index in [0.29, 0.717) is 23.5 Å². The van der Waals surface area contributed by atoms with Crippen LogP contribution in [0.15, 0.2) is 41.2 Å². The van der Waals surface area contributed by atoms with Crippen LogP contribution in [0.25, 0.3) is 10.9 Å². The van der Waals surface area contributed by atoms with Crippen molar-refractivity contribution in [1.29, 1.82) is 0 Å². The lowest BCUT2D eigenvalue weighted by Gasteiger charge is -2.30. The molecule has 0 bridgehead atoms. The minimum Gasteiger partial charge on any atom is -0.480 e. The number of aromatic nitrogens is 2. The monoisotopic (exact) mass is 619 g/mol. The number of hydrogen-bond acceptors (Lipinski definition) is 8. The maximum absolute atomic E-state index is 12.9. The minimum absolute atomic E-state index is 0.0870. The van der Waals surface area contributed by atoms with E-state index in [1.54, 1.807) is 37.4 Å². The Bertz CT molecular complexity index is 1640. The van der Waals surface area contributed by atoms with E-state index in [0.717, 1.165) is 29.7 Å². The molecule has 2 atom stereocenters. The van der Waals surface area contributed by atoms with Gasteiger partial charge in [-0.1, -0.05) is 5.92 Å². The summed E-state index contributed by atoms with van der Waals surface area (Å²) >= 11 is 0. The van der Waals surface area contributed by atoms with Gasteiger partial charge in [-0.25, -0.2) is 9.78 Å². The van der Waals surface area contributed by atoms with Crippen LogP contribution in [0.3, 0.4) is 0 Å². The van der Waals surface area contributed by atoms with Gasteiger partial charge in [-0.15, -0.1) is 6.42 Å². The van der Waals surface area contributed by atoms with Gasteiger partial charge >= 0.3 is 5.97 Å². The highest BCUT2D eigenvalue weighted by Gasteiger charge is 2.29. The number of hydrogen-bond donors (Lipinski definition) is 6. The number of nitrogens with zero attached hydrogens (tertiary/aromatic N) is 2. The molecule has 44 heavy (non-hydrogen) atoms. The molecule has 1 aliphatic carbocycles. The number of terminal acetylenes is 1. The summed E-state index contributed by atoms with van der Waals surface area (Å²) < 4.78 is 0. The molecule has 0 saturated heterocycles. The summed E-state index contributed by atoms with van der Waals surface area (Å²) in [5.41, 5.74) is 3.17. The van der Waals surface area contributed by atoms with Gasteiger partial charge in [-0.2, -0.15) is 0 Å². The zero-order chi connectivity index (χ0) is 32.0. The summed E-state index contributed by atoms with van der Waals surface area (Å²) in [6.07, 6.45) is 7.03. The molecular formula is C31H37N5O7Si. The van der Waals surface area contributed by atoms with E-state index in [2.05, 4.69) is 26.5 Å². The van der Waals surface area contributed by atoms with Crippen molar-refractivity contribution >= 4 is 42.7 Å². The molecule has 1 heterocycles. The van der Waals surface area contributed by atoms with E-state index < -0.39 is 26.2 Å². The number of carbonyl (C=O) groups excluding carboxylic acids is 2. The third kappa shape index (κ3) is 7.90. The number of H-pyrrole nitrogens is 1. The zero-order valence-electron chi connectivity index (χ0n) is 24.7. The van der Waals surface area contributed by atoms with Crippen molar-refractivity contribution < 1.29 is 29.4 Å².